The number of nitrogens with one attached hydrogen (secondary N) is 1. The third kappa shape index (κ3) is 3.73. The number of aliphatic imine (C=N–C) groups is 1. The van der Waals surface area contributed by atoms with Crippen LogP contribution in [0.4, 0.5) is 10.5 Å². The first kappa shape index (κ1) is 12.2. The summed E-state index contributed by atoms with van der Waals surface area (Å²) in [4.78, 5) is 15.3. The monoisotopic (exact) mass is 220 g/mol. The minimum absolute atomic E-state index is 0.0894. The molecule has 16 heavy (non-hydrogen) atoms. The highest BCUT2D eigenvalue weighted by atomic mass is 16.5. The maximum absolute atomic E-state index is 11.5. The molecular formula is C12H16N2O2. The average molecular weight is 220 g/mol. The lowest BCUT2D eigenvalue weighted by Crippen LogP contribution is -2.15. The van der Waals surface area contributed by atoms with E-state index in [1.165, 1.54) is 7.11 Å². The lowest BCUT2D eigenvalue weighted by Gasteiger charge is -2.07. The van der Waals surface area contributed by atoms with Gasteiger partial charge in [0.15, 0.2) is 5.90 Å². The molecule has 1 rings (SSSR count). The number of anilines is 1. The molecule has 86 valence electrons. The van der Waals surface area contributed by atoms with Crippen LogP contribution < -0.4 is 5.32 Å². The summed E-state index contributed by atoms with van der Waals surface area (Å²) in [7, 11) is 1.51. The van der Waals surface area contributed by atoms with E-state index in [0.717, 1.165) is 5.69 Å². The topological polar surface area (TPSA) is 50.7 Å². The predicted molar refractivity (Wildman–Crippen MR) is 64.7 cm³/mol. The smallest absolute Gasteiger partial charge is 0.348 e. The molecule has 0 aliphatic rings. The zero-order chi connectivity index (χ0) is 12.0. The fourth-order valence-corrected chi connectivity index (χ4v) is 1.18. The molecule has 1 N–H and O–H groups in total. The zero-order valence-corrected chi connectivity index (χ0v) is 9.73. The molecule has 0 bridgehead atoms. The first-order chi connectivity index (χ1) is 7.63. The molecule has 0 radical (unpaired) electrons. The van der Waals surface area contributed by atoms with Crippen LogP contribution in [0.2, 0.25) is 0 Å². The molecule has 4 nitrogen and oxygen atoms in total. The number of ether oxygens (including phenoxy) is 1. The summed E-state index contributed by atoms with van der Waals surface area (Å²) in [6.45, 7) is 3.83. The van der Waals surface area contributed by atoms with Gasteiger partial charge in [0.2, 0.25) is 0 Å². The maximum Gasteiger partial charge on any atom is 0.348 e. The molecule has 0 unspecified atom stereocenters. The van der Waals surface area contributed by atoms with E-state index in [4.69, 9.17) is 4.74 Å². The minimum Gasteiger partial charge on any atom is -0.484 e. The van der Waals surface area contributed by atoms with Gasteiger partial charge in [0.05, 0.1) is 7.11 Å². The van der Waals surface area contributed by atoms with Gasteiger partial charge in [-0.05, 0) is 12.1 Å². The fraction of sp³-hybridized carbons (Fsp3) is 0.333. The third-order valence-corrected chi connectivity index (χ3v) is 1.94. The number of hydrogen-bond acceptors (Lipinski definition) is 2. The summed E-state index contributed by atoms with van der Waals surface area (Å²) in [5, 5.41) is 2.66. The van der Waals surface area contributed by atoms with Gasteiger partial charge >= 0.3 is 6.03 Å². The van der Waals surface area contributed by atoms with Crippen LogP contribution in [-0.2, 0) is 4.74 Å². The molecule has 4 heteroatoms. The maximum atomic E-state index is 11.5. The highest BCUT2D eigenvalue weighted by Gasteiger charge is 2.07. The normalized spacial score (nSPS) is 11.4. The molecular weight excluding hydrogens is 204 g/mol. The van der Waals surface area contributed by atoms with Crippen molar-refractivity contribution in [2.24, 2.45) is 10.9 Å². The number of urea groups is 1. The third-order valence-electron chi connectivity index (χ3n) is 1.94. The Morgan fingerprint density at radius 2 is 1.94 bits per heavy atom. The van der Waals surface area contributed by atoms with Crippen LogP contribution in [0.1, 0.15) is 13.8 Å². The Kier molecular flexibility index (Phi) is 4.51. The SMILES string of the molecule is CO/C(=N/C(=O)Nc1ccccc1)C(C)C. The van der Waals surface area contributed by atoms with E-state index in [-0.39, 0.29) is 5.92 Å². The van der Waals surface area contributed by atoms with Gasteiger partial charge in [-0.1, -0.05) is 32.0 Å². The first-order valence-electron chi connectivity index (χ1n) is 5.12. The second kappa shape index (κ2) is 5.90. The van der Waals surface area contributed by atoms with Crippen molar-refractivity contribution in [1.29, 1.82) is 0 Å². The van der Waals surface area contributed by atoms with E-state index in [2.05, 4.69) is 10.3 Å². The van der Waals surface area contributed by atoms with Crippen LogP contribution in [-0.4, -0.2) is 19.0 Å². The second-order valence-electron chi connectivity index (χ2n) is 3.61. The summed E-state index contributed by atoms with van der Waals surface area (Å²) in [5.74, 6) is 0.514. The predicted octanol–water partition coefficient (Wildman–Crippen LogP) is 2.92. The number of amides is 2. The van der Waals surface area contributed by atoms with Gasteiger partial charge < -0.3 is 10.1 Å². The molecule has 1 aromatic carbocycles. The van der Waals surface area contributed by atoms with E-state index in [1.54, 1.807) is 12.1 Å². The Morgan fingerprint density at radius 3 is 2.44 bits per heavy atom. The van der Waals surface area contributed by atoms with Crippen LogP contribution in [0.25, 0.3) is 0 Å². The Balaban J connectivity index is 2.66. The zero-order valence-electron chi connectivity index (χ0n) is 9.73. The van der Waals surface area contributed by atoms with Crippen LogP contribution in [0.15, 0.2) is 35.3 Å². The summed E-state index contributed by atoms with van der Waals surface area (Å²) in [6.07, 6.45) is 0. The van der Waals surface area contributed by atoms with Gasteiger partial charge in [0.25, 0.3) is 0 Å². The second-order valence-corrected chi connectivity index (χ2v) is 3.61. The molecule has 0 saturated carbocycles. The van der Waals surface area contributed by atoms with Crippen molar-refractivity contribution in [3.63, 3.8) is 0 Å². The Hall–Kier alpha value is -1.84. The Labute approximate surface area is 95.3 Å². The van der Waals surface area contributed by atoms with Gasteiger partial charge in [0.1, 0.15) is 0 Å². The molecule has 0 aromatic heterocycles. The number of para-hydroxylation sites is 1. The number of benzene rings is 1. The highest BCUT2D eigenvalue weighted by molar-refractivity contribution is 5.98. The van der Waals surface area contributed by atoms with Crippen molar-refractivity contribution in [3.05, 3.63) is 30.3 Å². The van der Waals surface area contributed by atoms with E-state index in [9.17, 15) is 4.79 Å². The van der Waals surface area contributed by atoms with Crippen LogP contribution in [0, 0.1) is 5.92 Å². The Bertz CT molecular complexity index is 372. The highest BCUT2D eigenvalue weighted by Crippen LogP contribution is 2.06. The number of nitrogens with zero attached hydrogens (tertiary/aromatic N) is 1. The summed E-state index contributed by atoms with van der Waals surface area (Å²) in [6, 6.07) is 8.76. The van der Waals surface area contributed by atoms with E-state index in [0.29, 0.717) is 5.90 Å². The van der Waals surface area contributed by atoms with Crippen LogP contribution in [0.3, 0.4) is 0 Å². The van der Waals surface area contributed by atoms with E-state index in [1.807, 2.05) is 32.0 Å². The molecule has 2 amide bonds. The molecule has 0 saturated heterocycles. The standard InChI is InChI=1S/C12H16N2O2/c1-9(2)11(16-3)14-12(15)13-10-7-5-4-6-8-10/h4-9H,1-3H3,(H,13,15)/b14-11+. The largest absolute Gasteiger partial charge is 0.484 e. The Morgan fingerprint density at radius 1 is 1.31 bits per heavy atom. The van der Waals surface area contributed by atoms with Crippen molar-refractivity contribution in [3.8, 4) is 0 Å². The van der Waals surface area contributed by atoms with Gasteiger partial charge in [-0.3, -0.25) is 0 Å². The first-order valence-corrected chi connectivity index (χ1v) is 5.12. The van der Waals surface area contributed by atoms with Crippen molar-refractivity contribution >= 4 is 17.6 Å². The van der Waals surface area contributed by atoms with Crippen LogP contribution in [0.5, 0.6) is 0 Å². The fourth-order valence-electron chi connectivity index (χ4n) is 1.18. The summed E-state index contributed by atoms with van der Waals surface area (Å²) in [5.41, 5.74) is 0.718. The van der Waals surface area contributed by atoms with Crippen molar-refractivity contribution in [1.82, 2.24) is 0 Å². The molecule has 0 aliphatic heterocycles. The molecule has 0 atom stereocenters. The molecule has 1 aromatic rings. The van der Waals surface area contributed by atoms with Gasteiger partial charge in [-0.25, -0.2) is 4.79 Å². The number of carbonyl (C=O) groups is 1. The molecule has 0 heterocycles. The number of rotatable bonds is 2. The number of carbonyl (C=O) groups excluding carboxylic acids is 1. The van der Waals surface area contributed by atoms with Crippen molar-refractivity contribution in [2.75, 3.05) is 12.4 Å². The van der Waals surface area contributed by atoms with Gasteiger partial charge in [-0.2, -0.15) is 4.99 Å². The molecule has 0 spiro atoms. The number of methoxy groups -OCH3 is 1. The van der Waals surface area contributed by atoms with E-state index >= 15 is 0 Å². The lowest BCUT2D eigenvalue weighted by atomic mass is 10.2. The van der Waals surface area contributed by atoms with Gasteiger partial charge in [0, 0.05) is 11.6 Å². The summed E-state index contributed by atoms with van der Waals surface area (Å²) >= 11 is 0. The van der Waals surface area contributed by atoms with Crippen molar-refractivity contribution in [2.45, 2.75) is 13.8 Å². The average Bonchev–Trinajstić information content (AvgIpc) is 2.27. The molecule has 0 aliphatic carbocycles. The molecule has 0 fully saturated rings. The lowest BCUT2D eigenvalue weighted by molar-refractivity contribution is 0.258. The minimum atomic E-state index is -0.420. The van der Waals surface area contributed by atoms with Crippen LogP contribution >= 0.6 is 0 Å². The van der Waals surface area contributed by atoms with E-state index < -0.39 is 6.03 Å². The summed E-state index contributed by atoms with van der Waals surface area (Å²) < 4.78 is 5.01. The van der Waals surface area contributed by atoms with Gasteiger partial charge in [-0.15, -0.1) is 0 Å². The number of hydrogen-bond donors (Lipinski definition) is 1. The van der Waals surface area contributed by atoms with Crippen molar-refractivity contribution < 1.29 is 9.53 Å². The quantitative estimate of drug-likeness (QED) is 0.615.